The maximum absolute atomic E-state index is 13.0. The van der Waals surface area contributed by atoms with Gasteiger partial charge < -0.3 is 0 Å². The van der Waals surface area contributed by atoms with Gasteiger partial charge in [-0.1, -0.05) is 46.6 Å². The third-order valence-corrected chi connectivity index (χ3v) is 6.17. The average molecular weight is 487 g/mol. The Kier molecular flexibility index (Phi) is 10.9. The molecule has 0 saturated carbocycles. The second-order valence-electron chi connectivity index (χ2n) is 10.0. The average Bonchev–Trinajstić information content (AvgIpc) is 2.79. The fourth-order valence-electron chi connectivity index (χ4n) is 4.00. The third kappa shape index (κ3) is 8.67. The minimum absolute atomic E-state index is 0.0151. The van der Waals surface area contributed by atoms with Gasteiger partial charge >= 0.3 is 0 Å². The van der Waals surface area contributed by atoms with E-state index in [1.807, 2.05) is 39.8 Å². The van der Waals surface area contributed by atoms with Crippen molar-refractivity contribution >= 4 is 23.1 Å². The largest absolute Gasteiger partial charge is 0.290 e. The Morgan fingerprint density at radius 1 is 0.611 bits per heavy atom. The van der Waals surface area contributed by atoms with Crippen molar-refractivity contribution in [2.24, 2.45) is 0 Å². The molecule has 2 aliphatic carbocycles. The van der Waals surface area contributed by atoms with Crippen LogP contribution in [0, 0.1) is 0 Å². The van der Waals surface area contributed by atoms with Crippen molar-refractivity contribution in [1.82, 2.24) is 0 Å². The molecule has 4 nitrogen and oxygen atoms in total. The molecule has 0 aliphatic heterocycles. The third-order valence-electron chi connectivity index (χ3n) is 6.17. The molecule has 0 fully saturated rings. The molecule has 0 heterocycles. The van der Waals surface area contributed by atoms with Gasteiger partial charge in [0.05, 0.1) is 0 Å². The molecule has 0 atom stereocenters. The van der Waals surface area contributed by atoms with E-state index < -0.39 is 11.6 Å². The van der Waals surface area contributed by atoms with Gasteiger partial charge in [-0.15, -0.1) is 0 Å². The van der Waals surface area contributed by atoms with Crippen LogP contribution in [-0.2, 0) is 19.2 Å². The fraction of sp³-hybridized carbons (Fsp3) is 0.375. The van der Waals surface area contributed by atoms with Crippen molar-refractivity contribution in [3.8, 4) is 0 Å². The van der Waals surface area contributed by atoms with Gasteiger partial charge in [0.1, 0.15) is 0 Å². The van der Waals surface area contributed by atoms with Crippen molar-refractivity contribution in [3.63, 3.8) is 0 Å². The van der Waals surface area contributed by atoms with Gasteiger partial charge in [-0.25, -0.2) is 0 Å². The van der Waals surface area contributed by atoms with E-state index in [1.54, 1.807) is 0 Å². The van der Waals surface area contributed by atoms with Crippen LogP contribution < -0.4 is 0 Å². The standard InChI is InChI=1S/C32H38O4/c1-21(2)9-7-11-23(5)13-15-25-19-31(36)27(20-30(25)35)32-26(28(33)17-18-29(32)34)16-14-24(6)12-8-10-22(3)4/h9-10,13-14,17-20H,7-8,11-12,15-16H2,1-6H3/b23-13+,24-14+. The molecule has 0 amide bonds. The Hall–Kier alpha value is -3.40. The lowest BCUT2D eigenvalue weighted by molar-refractivity contribution is -0.116. The molecule has 0 radical (unpaired) electrons. The predicted octanol–water partition coefficient (Wildman–Crippen LogP) is 7.16. The van der Waals surface area contributed by atoms with Crippen LogP contribution in [0.3, 0.4) is 0 Å². The molecule has 0 saturated heterocycles. The number of rotatable bonds is 11. The number of carbonyl (C=O) groups is 4. The number of hydrogen-bond acceptors (Lipinski definition) is 4. The summed E-state index contributed by atoms with van der Waals surface area (Å²) in [6.07, 6.45) is 17.4. The summed E-state index contributed by atoms with van der Waals surface area (Å²) >= 11 is 0. The normalized spacial score (nSPS) is 16.8. The van der Waals surface area contributed by atoms with E-state index in [2.05, 4.69) is 26.0 Å². The van der Waals surface area contributed by atoms with E-state index >= 15 is 0 Å². The zero-order valence-corrected chi connectivity index (χ0v) is 22.5. The molecule has 0 N–H and O–H groups in total. The van der Waals surface area contributed by atoms with E-state index in [1.165, 1.54) is 35.5 Å². The second kappa shape index (κ2) is 13.6. The van der Waals surface area contributed by atoms with Crippen LogP contribution >= 0.6 is 0 Å². The maximum Gasteiger partial charge on any atom is 0.187 e. The van der Waals surface area contributed by atoms with Gasteiger partial charge in [-0.3, -0.25) is 19.2 Å². The monoisotopic (exact) mass is 486 g/mol. The molecule has 190 valence electrons. The molecule has 0 spiro atoms. The van der Waals surface area contributed by atoms with Gasteiger partial charge in [0, 0.05) is 22.3 Å². The maximum atomic E-state index is 13.0. The number of allylic oxidation sites excluding steroid dienone is 16. The molecule has 0 aromatic heterocycles. The van der Waals surface area contributed by atoms with E-state index in [9.17, 15) is 19.2 Å². The van der Waals surface area contributed by atoms with Crippen molar-refractivity contribution in [1.29, 1.82) is 0 Å². The Morgan fingerprint density at radius 2 is 1.14 bits per heavy atom. The lowest BCUT2D eigenvalue weighted by atomic mass is 9.82. The summed E-state index contributed by atoms with van der Waals surface area (Å²) in [4.78, 5) is 51.3. The molecule has 2 aliphatic rings. The molecular weight excluding hydrogens is 448 g/mol. The summed E-state index contributed by atoms with van der Waals surface area (Å²) in [7, 11) is 0. The van der Waals surface area contributed by atoms with Crippen molar-refractivity contribution in [2.75, 3.05) is 0 Å². The molecule has 0 aromatic carbocycles. The minimum Gasteiger partial charge on any atom is -0.290 e. The van der Waals surface area contributed by atoms with Crippen molar-refractivity contribution < 1.29 is 19.2 Å². The number of hydrogen-bond donors (Lipinski definition) is 0. The fourth-order valence-corrected chi connectivity index (χ4v) is 4.00. The summed E-state index contributed by atoms with van der Waals surface area (Å²) in [6, 6.07) is 0. The highest BCUT2D eigenvalue weighted by Gasteiger charge is 2.30. The van der Waals surface area contributed by atoms with E-state index in [4.69, 9.17) is 0 Å². The molecule has 0 aromatic rings. The molecule has 36 heavy (non-hydrogen) atoms. The first-order valence-corrected chi connectivity index (χ1v) is 12.6. The first-order chi connectivity index (χ1) is 17.0. The lowest BCUT2D eigenvalue weighted by Crippen LogP contribution is -2.22. The Morgan fingerprint density at radius 3 is 1.69 bits per heavy atom. The van der Waals surface area contributed by atoms with Crippen LogP contribution in [0.4, 0.5) is 0 Å². The van der Waals surface area contributed by atoms with Crippen LogP contribution in [0.25, 0.3) is 0 Å². The Balaban J connectivity index is 2.24. The molecule has 0 unspecified atom stereocenters. The van der Waals surface area contributed by atoms with Gasteiger partial charge in [0.25, 0.3) is 0 Å². The summed E-state index contributed by atoms with van der Waals surface area (Å²) < 4.78 is 0. The molecule has 4 heteroatoms. The number of carbonyl (C=O) groups excluding carboxylic acids is 4. The summed E-state index contributed by atoms with van der Waals surface area (Å²) in [5.74, 6) is -1.43. The highest BCUT2D eigenvalue weighted by molar-refractivity contribution is 6.31. The smallest absolute Gasteiger partial charge is 0.187 e. The second-order valence-corrected chi connectivity index (χ2v) is 10.0. The Bertz CT molecular complexity index is 1180. The first kappa shape index (κ1) is 28.8. The van der Waals surface area contributed by atoms with Gasteiger partial charge in [-0.2, -0.15) is 0 Å². The lowest BCUT2D eigenvalue weighted by Gasteiger charge is -2.18. The topological polar surface area (TPSA) is 68.3 Å². The van der Waals surface area contributed by atoms with Gasteiger partial charge in [0.2, 0.25) is 0 Å². The molecule has 0 bridgehead atoms. The summed E-state index contributed by atoms with van der Waals surface area (Å²) in [5, 5.41) is 0. The van der Waals surface area contributed by atoms with Crippen LogP contribution in [0.2, 0.25) is 0 Å². The van der Waals surface area contributed by atoms with Gasteiger partial charge in [-0.05, 0) is 104 Å². The minimum atomic E-state index is -0.417. The van der Waals surface area contributed by atoms with Crippen LogP contribution in [0.5, 0.6) is 0 Å². The summed E-state index contributed by atoms with van der Waals surface area (Å²) in [5.41, 5.74) is 5.50. The SMILES string of the molecule is CC(C)=CCC/C(C)=C/CC1=CC(=O)C(C2=C(C/C=C(\C)CCC=C(C)C)C(=O)C=CC2=O)=CC1=O. The van der Waals surface area contributed by atoms with Gasteiger partial charge in [0.15, 0.2) is 23.1 Å². The molecular formula is C32H38O4. The zero-order valence-electron chi connectivity index (χ0n) is 22.5. The zero-order chi connectivity index (χ0) is 26.8. The number of ketones is 4. The van der Waals surface area contributed by atoms with E-state index in [0.29, 0.717) is 12.0 Å². The van der Waals surface area contributed by atoms with Crippen LogP contribution in [0.15, 0.2) is 93.2 Å². The van der Waals surface area contributed by atoms with Crippen LogP contribution in [-0.4, -0.2) is 23.1 Å². The van der Waals surface area contributed by atoms with Crippen molar-refractivity contribution in [3.05, 3.63) is 93.2 Å². The Labute approximate surface area is 215 Å². The van der Waals surface area contributed by atoms with E-state index in [0.717, 1.165) is 36.8 Å². The van der Waals surface area contributed by atoms with E-state index in [-0.39, 0.29) is 34.7 Å². The highest BCUT2D eigenvalue weighted by atomic mass is 16.1. The predicted molar refractivity (Wildman–Crippen MR) is 146 cm³/mol. The highest BCUT2D eigenvalue weighted by Crippen LogP contribution is 2.29. The van der Waals surface area contributed by atoms with Crippen molar-refractivity contribution in [2.45, 2.75) is 80.1 Å². The quantitative estimate of drug-likeness (QED) is 0.229. The summed E-state index contributed by atoms with van der Waals surface area (Å²) in [6.45, 7) is 12.2. The van der Waals surface area contributed by atoms with Crippen LogP contribution in [0.1, 0.15) is 80.1 Å². The molecule has 2 rings (SSSR count). The first-order valence-electron chi connectivity index (χ1n) is 12.6.